The topological polar surface area (TPSA) is 123 Å². The Kier molecular flexibility index (Phi) is 4.94. The lowest BCUT2D eigenvalue weighted by Gasteiger charge is -2.09. The monoisotopic (exact) mass is 396 g/mol. The molecule has 0 unspecified atom stereocenters. The molecule has 3 rings (SSSR count). The van der Waals surface area contributed by atoms with Crippen molar-refractivity contribution in [2.75, 3.05) is 5.32 Å². The molecule has 0 bridgehead atoms. The van der Waals surface area contributed by atoms with E-state index in [1.165, 1.54) is 29.5 Å². The second-order valence-corrected chi connectivity index (χ2v) is 8.35. The average Bonchev–Trinajstić information content (AvgIpc) is 3.14. The molecule has 11 heteroatoms. The predicted molar refractivity (Wildman–Crippen MR) is 96.7 cm³/mol. The molecule has 0 atom stereocenters. The van der Waals surface area contributed by atoms with E-state index in [-0.39, 0.29) is 23.1 Å². The molecule has 0 aliphatic carbocycles. The number of carbonyl (C=O) groups excluding carboxylic acids is 1. The number of amides is 1. The highest BCUT2D eigenvalue weighted by molar-refractivity contribution is 7.89. The Bertz CT molecular complexity index is 1100. The molecule has 0 aliphatic rings. The summed E-state index contributed by atoms with van der Waals surface area (Å²) in [6.07, 6.45) is 1.55. The molecule has 0 radical (unpaired) electrons. The number of hydrogen-bond donors (Lipinski definition) is 2. The number of oxazole rings is 1. The molecule has 0 saturated heterocycles. The van der Waals surface area contributed by atoms with Gasteiger partial charge in [0.25, 0.3) is 0 Å². The van der Waals surface area contributed by atoms with E-state index >= 15 is 0 Å². The fourth-order valence-corrected chi connectivity index (χ4v) is 4.14. The molecule has 1 amide bonds. The number of hydrogen-bond acceptors (Lipinski definition) is 7. The van der Waals surface area contributed by atoms with E-state index in [0.29, 0.717) is 10.6 Å². The van der Waals surface area contributed by atoms with Crippen molar-refractivity contribution in [3.63, 3.8) is 0 Å². The predicted octanol–water partition coefficient (Wildman–Crippen LogP) is 1.38. The van der Waals surface area contributed by atoms with Crippen molar-refractivity contribution >= 4 is 43.5 Å². The van der Waals surface area contributed by atoms with Gasteiger partial charge in [-0.05, 0) is 26.0 Å². The van der Waals surface area contributed by atoms with Crippen LogP contribution in [-0.2, 0) is 21.4 Å². The molecule has 1 aromatic carbocycles. The van der Waals surface area contributed by atoms with E-state index in [1.54, 1.807) is 25.4 Å². The van der Waals surface area contributed by atoms with Crippen LogP contribution in [-0.4, -0.2) is 29.9 Å². The van der Waals surface area contributed by atoms with Gasteiger partial charge >= 0.3 is 5.76 Å². The van der Waals surface area contributed by atoms with Crippen LogP contribution in [0.25, 0.3) is 11.1 Å². The van der Waals surface area contributed by atoms with E-state index in [4.69, 9.17) is 4.42 Å². The normalized spacial score (nSPS) is 12.0. The van der Waals surface area contributed by atoms with Crippen LogP contribution in [0.2, 0.25) is 0 Å². The zero-order valence-electron chi connectivity index (χ0n) is 13.9. The summed E-state index contributed by atoms with van der Waals surface area (Å²) < 4.78 is 33.1. The van der Waals surface area contributed by atoms with Gasteiger partial charge in [0.2, 0.25) is 15.9 Å². The lowest BCUT2D eigenvalue weighted by atomic mass is 10.3. The fraction of sp³-hybridized carbons (Fsp3) is 0.267. The van der Waals surface area contributed by atoms with E-state index in [2.05, 4.69) is 15.0 Å². The maximum atomic E-state index is 12.2. The number of fused-ring (bicyclic) bond motifs is 1. The fourth-order valence-electron chi connectivity index (χ4n) is 2.33. The molecule has 2 aromatic heterocycles. The summed E-state index contributed by atoms with van der Waals surface area (Å²) in [6.45, 7) is 3.13. The molecule has 9 nitrogen and oxygen atoms in total. The Morgan fingerprint density at radius 2 is 2.15 bits per heavy atom. The van der Waals surface area contributed by atoms with Crippen LogP contribution in [0.1, 0.15) is 13.8 Å². The molecule has 0 saturated carbocycles. The highest BCUT2D eigenvalue weighted by Gasteiger charge is 2.19. The number of benzene rings is 1. The van der Waals surface area contributed by atoms with Crippen LogP contribution < -0.4 is 15.8 Å². The lowest BCUT2D eigenvalue weighted by molar-refractivity contribution is -0.116. The Balaban J connectivity index is 1.90. The SMILES string of the molecule is CC(C)NS(=O)(=O)c1ccc2c(c1)oc(=O)n2CC(=O)Nc1nccs1. The minimum atomic E-state index is -3.72. The van der Waals surface area contributed by atoms with Gasteiger partial charge in [-0.25, -0.2) is 22.9 Å². The van der Waals surface area contributed by atoms with Crippen LogP contribution in [0.3, 0.4) is 0 Å². The van der Waals surface area contributed by atoms with Gasteiger partial charge in [0.1, 0.15) is 6.54 Å². The first-order valence-corrected chi connectivity index (χ1v) is 9.97. The van der Waals surface area contributed by atoms with Gasteiger partial charge in [0.05, 0.1) is 10.4 Å². The third kappa shape index (κ3) is 3.84. The summed E-state index contributed by atoms with van der Waals surface area (Å²) in [5, 5.41) is 4.70. The number of sulfonamides is 1. The molecular weight excluding hydrogens is 380 g/mol. The number of aromatic nitrogens is 2. The summed E-state index contributed by atoms with van der Waals surface area (Å²) in [5.74, 6) is -1.19. The largest absolute Gasteiger partial charge is 0.420 e. The van der Waals surface area contributed by atoms with Gasteiger partial charge < -0.3 is 9.73 Å². The highest BCUT2D eigenvalue weighted by Crippen LogP contribution is 2.19. The smallest absolute Gasteiger partial charge is 0.408 e. The van der Waals surface area contributed by atoms with Crippen LogP contribution in [0.15, 0.2) is 43.9 Å². The van der Waals surface area contributed by atoms with E-state index < -0.39 is 21.7 Å². The number of nitrogens with one attached hydrogen (secondary N) is 2. The van der Waals surface area contributed by atoms with Crippen molar-refractivity contribution in [2.24, 2.45) is 0 Å². The van der Waals surface area contributed by atoms with Gasteiger partial charge in [0.15, 0.2) is 10.7 Å². The molecule has 2 heterocycles. The van der Waals surface area contributed by atoms with Crippen molar-refractivity contribution in [1.82, 2.24) is 14.3 Å². The second kappa shape index (κ2) is 7.02. The number of anilines is 1. The minimum absolute atomic E-state index is 0.0214. The lowest BCUT2D eigenvalue weighted by Crippen LogP contribution is -2.30. The quantitative estimate of drug-likeness (QED) is 0.649. The number of rotatable bonds is 6. The molecule has 138 valence electrons. The van der Waals surface area contributed by atoms with Crippen molar-refractivity contribution in [1.29, 1.82) is 0 Å². The van der Waals surface area contributed by atoms with Crippen molar-refractivity contribution in [2.45, 2.75) is 31.3 Å². The first kappa shape index (κ1) is 18.3. The molecule has 0 aliphatic heterocycles. The van der Waals surface area contributed by atoms with E-state index in [9.17, 15) is 18.0 Å². The van der Waals surface area contributed by atoms with E-state index in [0.717, 1.165) is 4.57 Å². The van der Waals surface area contributed by atoms with Crippen molar-refractivity contribution in [3.05, 3.63) is 40.3 Å². The Morgan fingerprint density at radius 3 is 2.81 bits per heavy atom. The van der Waals surface area contributed by atoms with Crippen LogP contribution in [0, 0.1) is 0 Å². The number of nitrogens with zero attached hydrogens (tertiary/aromatic N) is 2. The van der Waals surface area contributed by atoms with Crippen LogP contribution in [0.5, 0.6) is 0 Å². The first-order chi connectivity index (χ1) is 12.3. The Morgan fingerprint density at radius 1 is 1.38 bits per heavy atom. The zero-order valence-corrected chi connectivity index (χ0v) is 15.6. The summed E-state index contributed by atoms with van der Waals surface area (Å²) in [7, 11) is -3.72. The third-order valence-electron chi connectivity index (χ3n) is 3.32. The maximum Gasteiger partial charge on any atom is 0.420 e. The van der Waals surface area contributed by atoms with Gasteiger partial charge in [-0.2, -0.15) is 0 Å². The molecule has 26 heavy (non-hydrogen) atoms. The Hall–Kier alpha value is -2.50. The number of thiazole rings is 1. The highest BCUT2D eigenvalue weighted by atomic mass is 32.2. The summed E-state index contributed by atoms with van der Waals surface area (Å²) in [6, 6.07) is 3.78. The Labute approximate surface area is 152 Å². The minimum Gasteiger partial charge on any atom is -0.408 e. The standard InChI is InChI=1S/C15H16N4O5S2/c1-9(2)18-26(22,23)10-3-4-11-12(7-10)24-15(21)19(11)8-13(20)17-14-16-5-6-25-14/h3-7,9,18H,8H2,1-2H3,(H,16,17,20). The summed E-state index contributed by atoms with van der Waals surface area (Å²) >= 11 is 1.25. The van der Waals surface area contributed by atoms with Gasteiger partial charge in [0, 0.05) is 23.7 Å². The molecular formula is C15H16N4O5S2. The van der Waals surface area contributed by atoms with Crippen molar-refractivity contribution in [3.8, 4) is 0 Å². The van der Waals surface area contributed by atoms with Gasteiger partial charge in [-0.1, -0.05) is 0 Å². The first-order valence-electron chi connectivity index (χ1n) is 7.61. The third-order valence-corrected chi connectivity index (χ3v) is 5.67. The second-order valence-electron chi connectivity index (χ2n) is 5.75. The molecule has 3 aromatic rings. The average molecular weight is 396 g/mol. The number of carbonyl (C=O) groups is 1. The van der Waals surface area contributed by atoms with Crippen molar-refractivity contribution < 1.29 is 17.6 Å². The molecule has 0 spiro atoms. The van der Waals surface area contributed by atoms with Gasteiger partial charge in [-0.3, -0.25) is 9.36 Å². The summed E-state index contributed by atoms with van der Waals surface area (Å²) in [4.78, 5) is 28.0. The van der Waals surface area contributed by atoms with Crippen LogP contribution >= 0.6 is 11.3 Å². The van der Waals surface area contributed by atoms with E-state index in [1.807, 2.05) is 0 Å². The van der Waals surface area contributed by atoms with Gasteiger partial charge in [-0.15, -0.1) is 11.3 Å². The van der Waals surface area contributed by atoms with Crippen LogP contribution in [0.4, 0.5) is 5.13 Å². The summed E-state index contributed by atoms with van der Waals surface area (Å²) in [5.41, 5.74) is 0.413. The molecule has 0 fully saturated rings. The molecule has 2 N–H and O–H groups in total. The zero-order chi connectivity index (χ0) is 18.9. The maximum absolute atomic E-state index is 12.2.